The molecule has 1 amide bonds. The Kier molecular flexibility index (Phi) is 6.34. The quantitative estimate of drug-likeness (QED) is 0.856. The third-order valence-electron chi connectivity index (χ3n) is 4.25. The predicted octanol–water partition coefficient (Wildman–Crippen LogP) is 2.61. The van der Waals surface area contributed by atoms with Crippen LogP contribution in [0.4, 0.5) is 0 Å². The maximum Gasteiger partial charge on any atom is 0.232 e. The molecule has 5 heteroatoms. The van der Waals surface area contributed by atoms with Crippen molar-refractivity contribution in [3.05, 3.63) is 35.9 Å². The minimum Gasteiger partial charge on any atom is -0.387 e. The molecule has 4 nitrogen and oxygen atoms in total. The number of likely N-dealkylation sites (N-methyl/N-ethyl adjacent to an activating group) is 1. The predicted molar refractivity (Wildman–Crippen MR) is 101 cm³/mol. The summed E-state index contributed by atoms with van der Waals surface area (Å²) in [4.78, 5) is 16.2. The van der Waals surface area contributed by atoms with Gasteiger partial charge in [0.05, 0.1) is 17.9 Å². The average Bonchev–Trinajstić information content (AvgIpc) is 2.85. The molecule has 0 spiro atoms. The van der Waals surface area contributed by atoms with Gasteiger partial charge in [-0.15, -0.1) is 11.8 Å². The molecule has 1 aromatic rings. The summed E-state index contributed by atoms with van der Waals surface area (Å²) < 4.78 is 0.0766. The first-order valence-corrected chi connectivity index (χ1v) is 9.52. The molecule has 1 saturated heterocycles. The maximum atomic E-state index is 12.3. The number of thioether (sulfide) groups is 1. The lowest BCUT2D eigenvalue weighted by atomic mass is 10.0. The molecule has 1 atom stereocenters. The number of carbonyl (C=O) groups is 1. The summed E-state index contributed by atoms with van der Waals surface area (Å²) in [6, 6.07) is 10.3. The van der Waals surface area contributed by atoms with Gasteiger partial charge in [0.1, 0.15) is 0 Å². The van der Waals surface area contributed by atoms with Crippen molar-refractivity contribution in [2.45, 2.75) is 44.1 Å². The van der Waals surface area contributed by atoms with E-state index in [1.165, 1.54) is 5.56 Å². The second-order valence-electron chi connectivity index (χ2n) is 7.82. The van der Waals surface area contributed by atoms with Crippen LogP contribution in [0.15, 0.2) is 30.3 Å². The summed E-state index contributed by atoms with van der Waals surface area (Å²) in [5, 5.41) is 10.8. The molecule has 0 aliphatic carbocycles. The normalized spacial score (nSPS) is 21.9. The van der Waals surface area contributed by atoms with E-state index in [-0.39, 0.29) is 10.7 Å². The molecule has 2 rings (SSSR count). The molecule has 1 heterocycles. The Morgan fingerprint density at radius 3 is 2.62 bits per heavy atom. The van der Waals surface area contributed by atoms with Crippen LogP contribution in [0.5, 0.6) is 0 Å². The van der Waals surface area contributed by atoms with Gasteiger partial charge in [0.15, 0.2) is 0 Å². The number of carbonyl (C=O) groups excluding carboxylic acids is 1. The van der Waals surface area contributed by atoms with E-state index in [1.807, 2.05) is 18.2 Å². The number of rotatable bonds is 6. The molecule has 1 aliphatic heterocycles. The number of nitrogens with zero attached hydrogens (tertiary/aromatic N) is 2. The van der Waals surface area contributed by atoms with Gasteiger partial charge in [-0.1, -0.05) is 51.1 Å². The minimum atomic E-state index is -0.800. The van der Waals surface area contributed by atoms with E-state index in [1.54, 1.807) is 23.7 Å². The molecule has 0 unspecified atom stereocenters. The van der Waals surface area contributed by atoms with Gasteiger partial charge in [-0.2, -0.15) is 0 Å². The highest BCUT2D eigenvalue weighted by molar-refractivity contribution is 8.01. The van der Waals surface area contributed by atoms with Crippen molar-refractivity contribution in [2.75, 3.05) is 32.4 Å². The smallest absolute Gasteiger partial charge is 0.232 e. The van der Waals surface area contributed by atoms with E-state index < -0.39 is 5.60 Å². The highest BCUT2D eigenvalue weighted by Gasteiger charge is 2.37. The van der Waals surface area contributed by atoms with Crippen LogP contribution in [0.1, 0.15) is 32.8 Å². The van der Waals surface area contributed by atoms with Gasteiger partial charge in [0, 0.05) is 31.4 Å². The Morgan fingerprint density at radius 1 is 1.33 bits per heavy atom. The number of β-amino-alcohol motifs (C(OH)–C–C–N with tert-alkyl or cyclic N) is 1. The molecule has 134 valence electrons. The van der Waals surface area contributed by atoms with E-state index >= 15 is 0 Å². The van der Waals surface area contributed by atoms with Gasteiger partial charge in [-0.05, 0) is 12.0 Å². The Morgan fingerprint density at radius 2 is 2.00 bits per heavy atom. The Balaban J connectivity index is 1.82. The number of hydrogen-bond acceptors (Lipinski definition) is 4. The van der Waals surface area contributed by atoms with E-state index in [0.29, 0.717) is 25.3 Å². The van der Waals surface area contributed by atoms with E-state index in [4.69, 9.17) is 0 Å². The molecular formula is C19H30N2O2S. The van der Waals surface area contributed by atoms with Gasteiger partial charge in [0.2, 0.25) is 5.91 Å². The summed E-state index contributed by atoms with van der Waals surface area (Å²) in [5.41, 5.74) is 0.457. The molecule has 0 bridgehead atoms. The van der Waals surface area contributed by atoms with E-state index in [0.717, 1.165) is 13.1 Å². The van der Waals surface area contributed by atoms with Crippen molar-refractivity contribution in [3.63, 3.8) is 0 Å². The molecule has 24 heavy (non-hydrogen) atoms. The van der Waals surface area contributed by atoms with Crippen LogP contribution >= 0.6 is 11.8 Å². The van der Waals surface area contributed by atoms with Crippen LogP contribution in [-0.4, -0.2) is 63.6 Å². The average molecular weight is 351 g/mol. The lowest BCUT2D eigenvalue weighted by Crippen LogP contribution is -2.46. The van der Waals surface area contributed by atoms with Crippen molar-refractivity contribution in [1.82, 2.24) is 9.80 Å². The van der Waals surface area contributed by atoms with Gasteiger partial charge in [0.25, 0.3) is 0 Å². The fraction of sp³-hybridized carbons (Fsp3) is 0.632. The second kappa shape index (κ2) is 7.89. The first-order valence-electron chi connectivity index (χ1n) is 8.53. The van der Waals surface area contributed by atoms with Gasteiger partial charge in [-0.25, -0.2) is 0 Å². The van der Waals surface area contributed by atoms with Crippen LogP contribution in [0, 0.1) is 0 Å². The molecule has 1 N–H and O–H groups in total. The SMILES string of the molecule is CN(C[C@]1(O)CCN(Cc2ccccc2)C1)C(=O)CSC(C)(C)C. The van der Waals surface area contributed by atoms with Crippen LogP contribution < -0.4 is 0 Å². The third kappa shape index (κ3) is 6.11. The Labute approximate surface area is 150 Å². The molecule has 0 aromatic heterocycles. The summed E-state index contributed by atoms with van der Waals surface area (Å²) in [6.45, 7) is 9.06. The molecule has 1 aliphatic rings. The monoisotopic (exact) mass is 350 g/mol. The molecule has 1 fully saturated rings. The molecule has 1 aromatic carbocycles. The Hall–Kier alpha value is -1.04. The van der Waals surface area contributed by atoms with Crippen molar-refractivity contribution in [1.29, 1.82) is 0 Å². The molecular weight excluding hydrogens is 320 g/mol. The highest BCUT2D eigenvalue weighted by atomic mass is 32.2. The first-order chi connectivity index (χ1) is 11.2. The minimum absolute atomic E-state index is 0.0766. The fourth-order valence-electron chi connectivity index (χ4n) is 2.96. The zero-order chi connectivity index (χ0) is 17.8. The van der Waals surface area contributed by atoms with Crippen LogP contribution in [0.2, 0.25) is 0 Å². The first kappa shape index (κ1) is 19.3. The van der Waals surface area contributed by atoms with E-state index in [9.17, 15) is 9.90 Å². The number of amides is 1. The van der Waals surface area contributed by atoms with E-state index in [2.05, 4.69) is 37.8 Å². The fourth-order valence-corrected chi connectivity index (χ4v) is 3.74. The zero-order valence-electron chi connectivity index (χ0n) is 15.3. The van der Waals surface area contributed by atoms with Crippen molar-refractivity contribution in [2.24, 2.45) is 0 Å². The van der Waals surface area contributed by atoms with Gasteiger partial charge >= 0.3 is 0 Å². The van der Waals surface area contributed by atoms with Crippen molar-refractivity contribution in [3.8, 4) is 0 Å². The lowest BCUT2D eigenvalue weighted by Gasteiger charge is -2.30. The lowest BCUT2D eigenvalue weighted by molar-refractivity contribution is -0.130. The molecule has 0 saturated carbocycles. The van der Waals surface area contributed by atoms with Crippen molar-refractivity contribution >= 4 is 17.7 Å². The highest BCUT2D eigenvalue weighted by Crippen LogP contribution is 2.26. The van der Waals surface area contributed by atoms with Crippen LogP contribution in [0.3, 0.4) is 0 Å². The van der Waals surface area contributed by atoms with Gasteiger partial charge in [-0.3, -0.25) is 9.69 Å². The van der Waals surface area contributed by atoms with Gasteiger partial charge < -0.3 is 10.0 Å². The van der Waals surface area contributed by atoms with Crippen LogP contribution in [-0.2, 0) is 11.3 Å². The van der Waals surface area contributed by atoms with Crippen molar-refractivity contribution < 1.29 is 9.90 Å². The number of benzene rings is 1. The molecule has 0 radical (unpaired) electrons. The summed E-state index contributed by atoms with van der Waals surface area (Å²) in [5.74, 6) is 0.550. The largest absolute Gasteiger partial charge is 0.387 e. The number of aliphatic hydroxyl groups is 1. The standard InChI is InChI=1S/C19H30N2O2S/c1-18(2,3)24-13-17(22)20(4)14-19(23)10-11-21(15-19)12-16-8-6-5-7-9-16/h5-9,23H,10-15H2,1-4H3/t19-/m1/s1. The number of likely N-dealkylation sites (tertiary alicyclic amines) is 1. The third-order valence-corrected chi connectivity index (χ3v) is 5.50. The Bertz CT molecular complexity index is 544. The summed E-state index contributed by atoms with van der Waals surface area (Å²) in [6.07, 6.45) is 0.712. The topological polar surface area (TPSA) is 43.8 Å². The number of hydrogen-bond donors (Lipinski definition) is 1. The summed E-state index contributed by atoms with van der Waals surface area (Å²) >= 11 is 1.65. The zero-order valence-corrected chi connectivity index (χ0v) is 16.1. The second-order valence-corrected chi connectivity index (χ2v) is 9.62. The maximum absolute atomic E-state index is 12.3. The van der Waals surface area contributed by atoms with Crippen LogP contribution in [0.25, 0.3) is 0 Å². The summed E-state index contributed by atoms with van der Waals surface area (Å²) in [7, 11) is 1.80.